The van der Waals surface area contributed by atoms with Crippen molar-refractivity contribution >= 4 is 29.4 Å². The summed E-state index contributed by atoms with van der Waals surface area (Å²) in [5.41, 5.74) is 1.24. The summed E-state index contributed by atoms with van der Waals surface area (Å²) in [5, 5.41) is 8.06. The van der Waals surface area contributed by atoms with Gasteiger partial charge in [-0.25, -0.2) is 9.48 Å². The number of rotatable bonds is 7. The molecule has 0 aliphatic rings. The highest BCUT2D eigenvalue weighted by Gasteiger charge is 2.24. The van der Waals surface area contributed by atoms with Crippen LogP contribution in [0.2, 0.25) is 5.02 Å². The lowest BCUT2D eigenvalue weighted by Crippen LogP contribution is -2.45. The van der Waals surface area contributed by atoms with E-state index in [4.69, 9.17) is 16.3 Å². The van der Waals surface area contributed by atoms with Crippen LogP contribution in [-0.2, 0) is 14.9 Å². The lowest BCUT2D eigenvalue weighted by atomic mass is 9.92. The molecule has 2 rings (SSSR count). The molecule has 0 atom stereocenters. The Balaban J connectivity index is 2.31. The van der Waals surface area contributed by atoms with Crippen molar-refractivity contribution in [2.75, 3.05) is 46.2 Å². The van der Waals surface area contributed by atoms with Gasteiger partial charge in [0.25, 0.3) is 0 Å². The predicted octanol–water partition coefficient (Wildman–Crippen LogP) is 3.39. The number of anilines is 1. The molecule has 0 spiro atoms. The Bertz CT molecular complexity index is 889. The van der Waals surface area contributed by atoms with Crippen molar-refractivity contribution in [1.82, 2.24) is 19.6 Å². The normalized spacial score (nSPS) is 11.3. The van der Waals surface area contributed by atoms with Crippen LogP contribution in [0.3, 0.4) is 0 Å². The molecule has 0 aliphatic carbocycles. The minimum Gasteiger partial charge on any atom is -0.383 e. The van der Waals surface area contributed by atoms with Gasteiger partial charge in [-0.2, -0.15) is 5.10 Å². The van der Waals surface area contributed by atoms with Gasteiger partial charge < -0.3 is 19.9 Å². The van der Waals surface area contributed by atoms with Crippen molar-refractivity contribution in [1.29, 1.82) is 0 Å². The van der Waals surface area contributed by atoms with E-state index in [1.807, 2.05) is 45.0 Å². The number of ether oxygens (including phenoxy) is 1. The Kier molecular flexibility index (Phi) is 7.86. The maximum atomic E-state index is 12.8. The number of methoxy groups -OCH3 is 1. The second-order valence-electron chi connectivity index (χ2n) is 8.17. The fraction of sp³-hybridized carbons (Fsp3) is 0.476. The van der Waals surface area contributed by atoms with Gasteiger partial charge in [-0.05, 0) is 12.1 Å². The fourth-order valence-corrected chi connectivity index (χ4v) is 2.94. The number of nitrogens with one attached hydrogen (secondary N) is 1. The van der Waals surface area contributed by atoms with Crippen LogP contribution >= 0.6 is 11.6 Å². The van der Waals surface area contributed by atoms with Gasteiger partial charge in [0.2, 0.25) is 5.91 Å². The van der Waals surface area contributed by atoms with Gasteiger partial charge in [0.15, 0.2) is 0 Å². The first kappa shape index (κ1) is 23.7. The first-order valence-corrected chi connectivity index (χ1v) is 10.0. The van der Waals surface area contributed by atoms with Crippen molar-refractivity contribution in [3.63, 3.8) is 0 Å². The monoisotopic (exact) mass is 435 g/mol. The maximum absolute atomic E-state index is 12.8. The number of aromatic nitrogens is 2. The smallest absolute Gasteiger partial charge is 0.320 e. The first-order valence-electron chi connectivity index (χ1n) is 9.65. The Labute approximate surface area is 182 Å². The zero-order valence-electron chi connectivity index (χ0n) is 18.4. The topological polar surface area (TPSA) is 79.7 Å². The second-order valence-corrected chi connectivity index (χ2v) is 8.57. The van der Waals surface area contributed by atoms with Gasteiger partial charge in [0.05, 0.1) is 23.0 Å². The maximum Gasteiger partial charge on any atom is 0.320 e. The Morgan fingerprint density at radius 1 is 1.23 bits per heavy atom. The standard InChI is InChI=1S/C21H30ClN5O3/c1-21(2,3)17-13-18(27(24-17)16-10-8-7-9-15(16)22)23-19(28)14-26(11-12-30-6)20(29)25(4)5/h7-10,13H,11-12,14H2,1-6H3,(H,23,28). The molecule has 0 unspecified atom stereocenters. The lowest BCUT2D eigenvalue weighted by molar-refractivity contribution is -0.117. The largest absolute Gasteiger partial charge is 0.383 e. The van der Waals surface area contributed by atoms with Crippen molar-refractivity contribution in [3.05, 3.63) is 41.0 Å². The number of nitrogens with zero attached hydrogens (tertiary/aromatic N) is 4. The molecule has 0 saturated carbocycles. The molecule has 1 N–H and O–H groups in total. The van der Waals surface area contributed by atoms with Gasteiger partial charge >= 0.3 is 6.03 Å². The third-order valence-corrected chi connectivity index (χ3v) is 4.70. The molecule has 0 fully saturated rings. The van der Waals surface area contributed by atoms with E-state index in [0.29, 0.717) is 29.7 Å². The number of carbonyl (C=O) groups is 2. The van der Waals surface area contributed by atoms with Crippen molar-refractivity contribution in [2.24, 2.45) is 0 Å². The number of carbonyl (C=O) groups excluding carboxylic acids is 2. The summed E-state index contributed by atoms with van der Waals surface area (Å²) in [6.45, 7) is 6.65. The Morgan fingerprint density at radius 2 is 1.90 bits per heavy atom. The van der Waals surface area contributed by atoms with E-state index in [-0.39, 0.29) is 23.9 Å². The Hall–Kier alpha value is -2.58. The average molecular weight is 436 g/mol. The van der Waals surface area contributed by atoms with E-state index in [2.05, 4.69) is 10.4 Å². The number of benzene rings is 1. The molecule has 0 saturated heterocycles. The van der Waals surface area contributed by atoms with E-state index >= 15 is 0 Å². The summed E-state index contributed by atoms with van der Waals surface area (Å²) in [7, 11) is 4.83. The molecule has 1 aromatic heterocycles. The van der Waals surface area contributed by atoms with E-state index < -0.39 is 0 Å². The molecule has 0 aliphatic heterocycles. The number of halogens is 1. The van der Waals surface area contributed by atoms with Gasteiger partial charge in [-0.15, -0.1) is 0 Å². The molecule has 30 heavy (non-hydrogen) atoms. The molecule has 1 aromatic carbocycles. The number of urea groups is 1. The van der Waals surface area contributed by atoms with Crippen LogP contribution in [0.4, 0.5) is 10.6 Å². The number of hydrogen-bond donors (Lipinski definition) is 1. The third-order valence-electron chi connectivity index (χ3n) is 4.38. The summed E-state index contributed by atoms with van der Waals surface area (Å²) >= 11 is 6.36. The van der Waals surface area contributed by atoms with Crippen LogP contribution in [0.5, 0.6) is 0 Å². The van der Waals surface area contributed by atoms with E-state index in [1.165, 1.54) is 9.80 Å². The van der Waals surface area contributed by atoms with Gasteiger partial charge in [0, 0.05) is 39.2 Å². The Morgan fingerprint density at radius 3 is 2.47 bits per heavy atom. The molecular formula is C21H30ClN5O3. The van der Waals surface area contributed by atoms with Crippen LogP contribution in [-0.4, -0.2) is 72.4 Å². The van der Waals surface area contributed by atoms with E-state index in [0.717, 1.165) is 5.69 Å². The molecule has 3 amide bonds. The predicted molar refractivity (Wildman–Crippen MR) is 118 cm³/mol. The number of hydrogen-bond acceptors (Lipinski definition) is 4. The number of para-hydroxylation sites is 1. The van der Waals surface area contributed by atoms with Gasteiger partial charge in [0.1, 0.15) is 12.4 Å². The first-order chi connectivity index (χ1) is 14.0. The summed E-state index contributed by atoms with van der Waals surface area (Å²) < 4.78 is 6.68. The van der Waals surface area contributed by atoms with E-state index in [9.17, 15) is 9.59 Å². The highest BCUT2D eigenvalue weighted by atomic mass is 35.5. The van der Waals surface area contributed by atoms with Crippen molar-refractivity contribution < 1.29 is 14.3 Å². The fourth-order valence-electron chi connectivity index (χ4n) is 2.73. The zero-order valence-corrected chi connectivity index (χ0v) is 19.2. The summed E-state index contributed by atoms with van der Waals surface area (Å²) in [4.78, 5) is 28.0. The average Bonchev–Trinajstić information content (AvgIpc) is 3.08. The minimum absolute atomic E-state index is 0.112. The van der Waals surface area contributed by atoms with E-state index in [1.54, 1.807) is 32.0 Å². The lowest BCUT2D eigenvalue weighted by Gasteiger charge is -2.25. The molecule has 8 nitrogen and oxygen atoms in total. The summed E-state index contributed by atoms with van der Waals surface area (Å²) in [5.74, 6) is 0.150. The van der Waals surface area contributed by atoms with Crippen LogP contribution in [0.15, 0.2) is 30.3 Å². The summed E-state index contributed by atoms with van der Waals surface area (Å²) in [6.07, 6.45) is 0. The molecule has 2 aromatic rings. The molecule has 0 radical (unpaired) electrons. The molecule has 164 valence electrons. The molecule has 9 heteroatoms. The van der Waals surface area contributed by atoms with Crippen LogP contribution in [0.25, 0.3) is 5.69 Å². The SMILES string of the molecule is COCCN(CC(=O)Nc1cc(C(C)(C)C)nn1-c1ccccc1Cl)C(=O)N(C)C. The second kappa shape index (κ2) is 9.95. The highest BCUT2D eigenvalue weighted by molar-refractivity contribution is 6.32. The minimum atomic E-state index is -0.338. The molecular weight excluding hydrogens is 406 g/mol. The number of amides is 3. The van der Waals surface area contributed by atoms with Gasteiger partial charge in [-0.3, -0.25) is 4.79 Å². The summed E-state index contributed by atoms with van der Waals surface area (Å²) in [6, 6.07) is 8.85. The van der Waals surface area contributed by atoms with Crippen LogP contribution < -0.4 is 5.32 Å². The van der Waals surface area contributed by atoms with Gasteiger partial charge in [-0.1, -0.05) is 44.5 Å². The van der Waals surface area contributed by atoms with Crippen molar-refractivity contribution in [3.8, 4) is 5.69 Å². The molecule has 0 bridgehead atoms. The quantitative estimate of drug-likeness (QED) is 0.722. The molecule has 1 heterocycles. The van der Waals surface area contributed by atoms with Crippen molar-refractivity contribution in [2.45, 2.75) is 26.2 Å². The highest BCUT2D eigenvalue weighted by Crippen LogP contribution is 2.29. The zero-order chi connectivity index (χ0) is 22.5. The van der Waals surface area contributed by atoms with Crippen LogP contribution in [0.1, 0.15) is 26.5 Å². The third kappa shape index (κ3) is 5.96. The van der Waals surface area contributed by atoms with Crippen LogP contribution in [0, 0.1) is 0 Å².